The van der Waals surface area contributed by atoms with Crippen molar-refractivity contribution in [3.05, 3.63) is 99.9 Å². The second-order valence-electron chi connectivity index (χ2n) is 10.7. The van der Waals surface area contributed by atoms with Gasteiger partial charge in [0, 0.05) is 30.0 Å². The van der Waals surface area contributed by atoms with E-state index in [4.69, 9.17) is 5.11 Å². The summed E-state index contributed by atoms with van der Waals surface area (Å²) < 4.78 is 46.5. The third-order valence-electron chi connectivity index (χ3n) is 7.25. The van der Waals surface area contributed by atoms with Crippen molar-refractivity contribution in [2.45, 2.75) is 58.0 Å². The molecular formula is C30H30F3N3O2. The van der Waals surface area contributed by atoms with E-state index in [0.717, 1.165) is 34.4 Å². The lowest BCUT2D eigenvalue weighted by molar-refractivity contribution is 0.0677. The quantitative estimate of drug-likeness (QED) is 0.418. The molecule has 1 aromatic heterocycles. The second kappa shape index (κ2) is 10.0. The molecule has 1 aliphatic heterocycles. The fraction of sp³-hybridized carbons (Fsp3) is 0.333. The molecule has 1 amide bonds. The molecule has 2 aliphatic rings. The number of hydrogen-bond acceptors (Lipinski definition) is 4. The number of aliphatic hydroxyl groups is 1. The zero-order valence-electron chi connectivity index (χ0n) is 21.6. The summed E-state index contributed by atoms with van der Waals surface area (Å²) in [6.07, 6.45) is 2.56. The number of nitrogens with one attached hydrogen (secondary N) is 1. The Morgan fingerprint density at radius 3 is 2.50 bits per heavy atom. The molecule has 0 saturated carbocycles. The molecule has 2 heterocycles. The summed E-state index contributed by atoms with van der Waals surface area (Å²) in [5.74, 6) is -2.26. The van der Waals surface area contributed by atoms with Crippen LogP contribution in [0.15, 0.2) is 60.3 Å². The lowest BCUT2D eigenvalue weighted by Gasteiger charge is -2.44. The van der Waals surface area contributed by atoms with Crippen LogP contribution < -0.4 is 5.32 Å². The van der Waals surface area contributed by atoms with E-state index in [9.17, 15) is 9.18 Å². The molecule has 2 N–H and O–H groups in total. The standard InChI is InChI=1S/C30H30F3N3O2/c1-17-10-22-21-7-5-4-6-19(21)11-23(22)28(36(17)16-30(2,3)33)27-24(31)12-20(13-25(27)32)35-29(38)26-9-8-18(15-37)14-34-26/h4-9,12-14,17,28,37H,10-11,15-16H2,1-3H3,(H,35,38)/t17-,28+/m1/s1. The summed E-state index contributed by atoms with van der Waals surface area (Å²) in [5.41, 5.74) is 2.95. The monoisotopic (exact) mass is 521 g/mol. The lowest BCUT2D eigenvalue weighted by atomic mass is 9.84. The minimum Gasteiger partial charge on any atom is -0.392 e. The summed E-state index contributed by atoms with van der Waals surface area (Å²) in [5, 5.41) is 11.6. The Kier molecular flexibility index (Phi) is 6.88. The highest BCUT2D eigenvalue weighted by atomic mass is 19.1. The van der Waals surface area contributed by atoms with Crippen LogP contribution in [0.25, 0.3) is 5.57 Å². The first kappa shape index (κ1) is 26.1. The van der Waals surface area contributed by atoms with Crippen LogP contribution in [0.1, 0.15) is 66.0 Å². The van der Waals surface area contributed by atoms with Gasteiger partial charge in [-0.15, -0.1) is 0 Å². The zero-order chi connectivity index (χ0) is 27.2. The molecule has 2 aromatic carbocycles. The highest BCUT2D eigenvalue weighted by molar-refractivity contribution is 6.02. The SMILES string of the molecule is C[C@@H]1CC2=C(Cc3ccccc32)[C@@H](c2c(F)cc(NC(=O)c3ccc(CO)cn3)cc2F)N1CC(C)(C)F. The van der Waals surface area contributed by atoms with E-state index >= 15 is 8.78 Å². The van der Waals surface area contributed by atoms with Crippen LogP contribution in [-0.2, 0) is 13.0 Å². The molecule has 5 nitrogen and oxygen atoms in total. The van der Waals surface area contributed by atoms with Crippen molar-refractivity contribution < 1.29 is 23.1 Å². The Morgan fingerprint density at radius 2 is 1.87 bits per heavy atom. The second-order valence-corrected chi connectivity index (χ2v) is 10.7. The Balaban J connectivity index is 1.52. The topological polar surface area (TPSA) is 65.5 Å². The number of halogens is 3. The number of aliphatic hydroxyl groups excluding tert-OH is 1. The van der Waals surface area contributed by atoms with Crippen LogP contribution in [0.2, 0.25) is 0 Å². The van der Waals surface area contributed by atoms with Crippen molar-refractivity contribution in [1.29, 1.82) is 0 Å². The van der Waals surface area contributed by atoms with Gasteiger partial charge in [-0.25, -0.2) is 13.2 Å². The van der Waals surface area contributed by atoms with Crippen LogP contribution >= 0.6 is 0 Å². The number of carbonyl (C=O) groups is 1. The van der Waals surface area contributed by atoms with E-state index in [1.807, 2.05) is 36.1 Å². The number of nitrogens with zero attached hydrogens (tertiary/aromatic N) is 2. The molecule has 0 spiro atoms. The predicted octanol–water partition coefficient (Wildman–Crippen LogP) is 6.00. The number of benzene rings is 2. The van der Waals surface area contributed by atoms with Crippen LogP contribution in [0.3, 0.4) is 0 Å². The van der Waals surface area contributed by atoms with Crippen LogP contribution in [0, 0.1) is 11.6 Å². The molecule has 198 valence electrons. The first-order valence-electron chi connectivity index (χ1n) is 12.7. The van der Waals surface area contributed by atoms with E-state index in [0.29, 0.717) is 18.4 Å². The van der Waals surface area contributed by atoms with Crippen LogP contribution in [0.4, 0.5) is 18.9 Å². The number of aromatic nitrogens is 1. The minimum absolute atomic E-state index is 0.0127. The molecule has 0 fully saturated rings. The molecule has 38 heavy (non-hydrogen) atoms. The van der Waals surface area contributed by atoms with E-state index in [1.54, 1.807) is 6.07 Å². The fourth-order valence-corrected chi connectivity index (χ4v) is 5.61. The molecule has 1 aliphatic carbocycles. The molecule has 0 saturated heterocycles. The first-order chi connectivity index (χ1) is 18.1. The number of carbonyl (C=O) groups excluding carboxylic acids is 1. The molecule has 0 radical (unpaired) electrons. The van der Waals surface area contributed by atoms with Crippen molar-refractivity contribution in [1.82, 2.24) is 9.88 Å². The summed E-state index contributed by atoms with van der Waals surface area (Å²) in [4.78, 5) is 18.5. The molecular weight excluding hydrogens is 491 g/mol. The van der Waals surface area contributed by atoms with Gasteiger partial charge in [0.2, 0.25) is 0 Å². The summed E-state index contributed by atoms with van der Waals surface area (Å²) >= 11 is 0. The van der Waals surface area contributed by atoms with Crippen molar-refractivity contribution in [2.75, 3.05) is 11.9 Å². The number of alkyl halides is 1. The Labute approximate surface area is 220 Å². The third-order valence-corrected chi connectivity index (χ3v) is 7.25. The largest absolute Gasteiger partial charge is 0.392 e. The number of hydrogen-bond donors (Lipinski definition) is 2. The number of fused-ring (bicyclic) bond motifs is 2. The average Bonchev–Trinajstić information content (AvgIpc) is 3.22. The first-order valence-corrected chi connectivity index (χ1v) is 12.7. The van der Waals surface area contributed by atoms with Crippen molar-refractivity contribution >= 4 is 17.2 Å². The number of rotatable bonds is 6. The Hall–Kier alpha value is -3.49. The van der Waals surface area contributed by atoms with Gasteiger partial charge in [0.1, 0.15) is 23.0 Å². The van der Waals surface area contributed by atoms with Gasteiger partial charge in [0.05, 0.1) is 12.6 Å². The van der Waals surface area contributed by atoms with Crippen molar-refractivity contribution in [2.24, 2.45) is 0 Å². The van der Waals surface area contributed by atoms with Crippen LogP contribution in [-0.4, -0.2) is 39.2 Å². The highest BCUT2D eigenvalue weighted by Gasteiger charge is 2.42. The molecule has 5 rings (SSSR count). The minimum atomic E-state index is -1.57. The van der Waals surface area contributed by atoms with Gasteiger partial charge < -0.3 is 10.4 Å². The van der Waals surface area contributed by atoms with Gasteiger partial charge >= 0.3 is 0 Å². The van der Waals surface area contributed by atoms with E-state index in [-0.39, 0.29) is 36.1 Å². The smallest absolute Gasteiger partial charge is 0.274 e. The number of pyridine rings is 1. The van der Waals surface area contributed by atoms with E-state index < -0.39 is 29.3 Å². The molecule has 0 bridgehead atoms. The maximum absolute atomic E-state index is 15.8. The summed E-state index contributed by atoms with van der Waals surface area (Å²) in [6, 6.07) is 12.2. The molecule has 8 heteroatoms. The predicted molar refractivity (Wildman–Crippen MR) is 140 cm³/mol. The van der Waals surface area contributed by atoms with Gasteiger partial charge in [-0.2, -0.15) is 0 Å². The maximum atomic E-state index is 15.8. The molecule has 2 atom stereocenters. The number of anilines is 1. The average molecular weight is 522 g/mol. The third kappa shape index (κ3) is 4.98. The normalized spacial score (nSPS) is 19.3. The van der Waals surface area contributed by atoms with Crippen LogP contribution in [0.5, 0.6) is 0 Å². The van der Waals surface area contributed by atoms with Gasteiger partial charge in [0.15, 0.2) is 0 Å². The van der Waals surface area contributed by atoms with Gasteiger partial charge in [0.25, 0.3) is 5.91 Å². The van der Waals surface area contributed by atoms with E-state index in [2.05, 4.69) is 10.3 Å². The Morgan fingerprint density at radius 1 is 1.16 bits per heavy atom. The number of amides is 1. The highest BCUT2D eigenvalue weighted by Crippen LogP contribution is 2.50. The van der Waals surface area contributed by atoms with Gasteiger partial charge in [-0.1, -0.05) is 30.3 Å². The van der Waals surface area contributed by atoms with Crippen molar-refractivity contribution in [3.63, 3.8) is 0 Å². The molecule has 3 aromatic rings. The van der Waals surface area contributed by atoms with Gasteiger partial charge in [-0.3, -0.25) is 14.7 Å². The zero-order valence-corrected chi connectivity index (χ0v) is 21.6. The van der Waals surface area contributed by atoms with Gasteiger partial charge in [-0.05, 0) is 79.6 Å². The molecule has 0 unspecified atom stereocenters. The fourth-order valence-electron chi connectivity index (χ4n) is 5.61. The maximum Gasteiger partial charge on any atom is 0.274 e. The van der Waals surface area contributed by atoms with E-state index in [1.165, 1.54) is 26.1 Å². The Bertz CT molecular complexity index is 1390. The van der Waals surface area contributed by atoms with Crippen molar-refractivity contribution in [3.8, 4) is 0 Å². The summed E-state index contributed by atoms with van der Waals surface area (Å²) in [7, 11) is 0. The summed E-state index contributed by atoms with van der Waals surface area (Å²) in [6.45, 7) is 4.70. The lowest BCUT2D eigenvalue weighted by Crippen LogP contribution is -2.47.